The molecule has 3 heterocycles. The van der Waals surface area contributed by atoms with Gasteiger partial charge < -0.3 is 10.1 Å². The molecule has 30 heavy (non-hydrogen) atoms. The van der Waals surface area contributed by atoms with Gasteiger partial charge in [0.25, 0.3) is 0 Å². The first-order valence-corrected chi connectivity index (χ1v) is 9.98. The number of carbonyl (C=O) groups is 1. The number of morpholine rings is 1. The maximum Gasteiger partial charge on any atom is 0.248 e. The average Bonchev–Trinajstić information content (AvgIpc) is 3.19. The number of nitrogens with one attached hydrogen (secondary N) is 1. The minimum atomic E-state index is -0.181. The van der Waals surface area contributed by atoms with E-state index in [1.807, 2.05) is 37.5 Å². The highest BCUT2D eigenvalue weighted by molar-refractivity contribution is 6.02. The van der Waals surface area contributed by atoms with Gasteiger partial charge in [0.1, 0.15) is 0 Å². The van der Waals surface area contributed by atoms with Crippen molar-refractivity contribution in [3.8, 4) is 11.1 Å². The van der Waals surface area contributed by atoms with Crippen molar-refractivity contribution in [3.05, 3.63) is 72.3 Å². The Morgan fingerprint density at radius 3 is 2.90 bits per heavy atom. The zero-order chi connectivity index (χ0) is 20.8. The van der Waals surface area contributed by atoms with Gasteiger partial charge in [0.15, 0.2) is 0 Å². The number of carbonyl (C=O) groups excluding carboxylic acids is 1. The molecule has 0 spiro atoms. The number of hydrogen-bond donors (Lipinski definition) is 1. The summed E-state index contributed by atoms with van der Waals surface area (Å²) in [5.41, 5.74) is 4.78. The zero-order valence-corrected chi connectivity index (χ0v) is 17.0. The molecule has 7 nitrogen and oxygen atoms in total. The molecule has 7 heteroatoms. The topological polar surface area (TPSA) is 72.3 Å². The van der Waals surface area contributed by atoms with Crippen molar-refractivity contribution < 1.29 is 9.53 Å². The van der Waals surface area contributed by atoms with Crippen LogP contribution in [0.3, 0.4) is 0 Å². The Balaban J connectivity index is 1.42. The van der Waals surface area contributed by atoms with Crippen molar-refractivity contribution in [1.82, 2.24) is 19.7 Å². The molecule has 1 saturated heterocycles. The van der Waals surface area contributed by atoms with Gasteiger partial charge in [0.2, 0.25) is 5.91 Å². The number of benzene rings is 1. The van der Waals surface area contributed by atoms with Gasteiger partial charge in [-0.05, 0) is 35.4 Å². The van der Waals surface area contributed by atoms with Crippen LogP contribution in [0.4, 0.5) is 5.69 Å². The largest absolute Gasteiger partial charge is 0.379 e. The van der Waals surface area contributed by atoms with Crippen molar-refractivity contribution in [2.45, 2.75) is 6.54 Å². The number of rotatable bonds is 6. The summed E-state index contributed by atoms with van der Waals surface area (Å²) in [7, 11) is 1.88. The summed E-state index contributed by atoms with van der Waals surface area (Å²) in [6.07, 6.45) is 10.5. The SMILES string of the molecule is Cn1cc(-c2ccncc2/C=C/C(=O)Nc2cccc(CN3CCOCC3)c2)cn1. The fourth-order valence-corrected chi connectivity index (χ4v) is 3.48. The monoisotopic (exact) mass is 403 g/mol. The van der Waals surface area contributed by atoms with Crippen LogP contribution in [-0.2, 0) is 23.1 Å². The van der Waals surface area contributed by atoms with E-state index in [1.165, 1.54) is 11.6 Å². The molecular weight excluding hydrogens is 378 g/mol. The number of anilines is 1. The van der Waals surface area contributed by atoms with Gasteiger partial charge in [-0.1, -0.05) is 12.1 Å². The Kier molecular flexibility index (Phi) is 6.32. The minimum absolute atomic E-state index is 0.181. The quantitative estimate of drug-likeness (QED) is 0.641. The second-order valence-corrected chi connectivity index (χ2v) is 7.28. The van der Waals surface area contributed by atoms with Crippen LogP contribution >= 0.6 is 0 Å². The Morgan fingerprint density at radius 1 is 1.23 bits per heavy atom. The van der Waals surface area contributed by atoms with Crippen LogP contribution in [0.5, 0.6) is 0 Å². The summed E-state index contributed by atoms with van der Waals surface area (Å²) in [5.74, 6) is -0.181. The standard InChI is InChI=1S/C23H25N5O2/c1-27-17-20(15-25-27)22-7-8-24-14-19(22)5-6-23(29)26-21-4-2-3-18(13-21)16-28-9-11-30-12-10-28/h2-8,13-15,17H,9-12,16H2,1H3,(H,26,29)/b6-5+. The first-order chi connectivity index (χ1) is 14.7. The van der Waals surface area contributed by atoms with Crippen molar-refractivity contribution in [3.63, 3.8) is 0 Å². The molecule has 3 aromatic rings. The van der Waals surface area contributed by atoms with E-state index >= 15 is 0 Å². The number of aryl methyl sites for hydroxylation is 1. The van der Waals surface area contributed by atoms with Crippen LogP contribution in [0.2, 0.25) is 0 Å². The van der Waals surface area contributed by atoms with Crippen LogP contribution in [0.25, 0.3) is 17.2 Å². The fourth-order valence-electron chi connectivity index (χ4n) is 3.48. The third kappa shape index (κ3) is 5.20. The predicted molar refractivity (Wildman–Crippen MR) is 117 cm³/mol. The molecule has 0 radical (unpaired) electrons. The second-order valence-electron chi connectivity index (χ2n) is 7.28. The molecular formula is C23H25N5O2. The maximum atomic E-state index is 12.5. The average molecular weight is 403 g/mol. The predicted octanol–water partition coefficient (Wildman–Crippen LogP) is 2.97. The summed E-state index contributed by atoms with van der Waals surface area (Å²) in [6.45, 7) is 4.27. The van der Waals surface area contributed by atoms with Gasteiger partial charge in [-0.15, -0.1) is 0 Å². The van der Waals surface area contributed by atoms with Crippen LogP contribution in [0.1, 0.15) is 11.1 Å². The van der Waals surface area contributed by atoms with Gasteiger partial charge in [-0.2, -0.15) is 5.10 Å². The molecule has 1 fully saturated rings. The van der Waals surface area contributed by atoms with E-state index in [2.05, 4.69) is 26.4 Å². The highest BCUT2D eigenvalue weighted by Gasteiger charge is 2.11. The van der Waals surface area contributed by atoms with Crippen molar-refractivity contribution in [1.29, 1.82) is 0 Å². The van der Waals surface area contributed by atoms with E-state index in [9.17, 15) is 4.79 Å². The molecule has 0 saturated carbocycles. The van der Waals surface area contributed by atoms with Crippen LogP contribution in [-0.4, -0.2) is 51.9 Å². The van der Waals surface area contributed by atoms with Crippen molar-refractivity contribution >= 4 is 17.7 Å². The molecule has 4 rings (SSSR count). The molecule has 1 aliphatic heterocycles. The second kappa shape index (κ2) is 9.47. The maximum absolute atomic E-state index is 12.5. The third-order valence-corrected chi connectivity index (χ3v) is 4.99. The van der Waals surface area contributed by atoms with Gasteiger partial charge in [0.05, 0.1) is 19.4 Å². The first-order valence-electron chi connectivity index (χ1n) is 9.98. The van der Waals surface area contributed by atoms with Gasteiger partial charge >= 0.3 is 0 Å². The van der Waals surface area contributed by atoms with E-state index < -0.39 is 0 Å². The number of hydrogen-bond acceptors (Lipinski definition) is 5. The number of aromatic nitrogens is 3. The molecule has 0 aliphatic carbocycles. The summed E-state index contributed by atoms with van der Waals surface area (Å²) in [4.78, 5) is 19.0. The van der Waals surface area contributed by atoms with Crippen molar-refractivity contribution in [2.24, 2.45) is 7.05 Å². The van der Waals surface area contributed by atoms with E-state index in [4.69, 9.17) is 4.74 Å². The summed E-state index contributed by atoms with van der Waals surface area (Å²) < 4.78 is 7.15. The molecule has 0 bridgehead atoms. The molecule has 1 aliphatic rings. The molecule has 1 aromatic carbocycles. The first kappa shape index (κ1) is 20.0. The number of ether oxygens (including phenoxy) is 1. The summed E-state index contributed by atoms with van der Waals surface area (Å²) >= 11 is 0. The normalized spacial score (nSPS) is 14.8. The number of amides is 1. The lowest BCUT2D eigenvalue weighted by Gasteiger charge is -2.26. The Labute approximate surface area is 176 Å². The lowest BCUT2D eigenvalue weighted by molar-refractivity contribution is -0.111. The zero-order valence-electron chi connectivity index (χ0n) is 17.0. The molecule has 1 amide bonds. The van der Waals surface area contributed by atoms with Crippen LogP contribution in [0.15, 0.2) is 61.2 Å². The molecule has 0 atom stereocenters. The van der Waals surface area contributed by atoms with Crippen LogP contribution < -0.4 is 5.32 Å². The Morgan fingerprint density at radius 2 is 2.10 bits per heavy atom. The van der Waals surface area contributed by atoms with Gasteiger partial charge in [0, 0.05) is 68.2 Å². The number of nitrogens with zero attached hydrogens (tertiary/aromatic N) is 4. The van der Waals surface area contributed by atoms with Gasteiger partial charge in [-0.3, -0.25) is 19.4 Å². The Bertz CT molecular complexity index is 1040. The fraction of sp³-hybridized carbons (Fsp3) is 0.261. The highest BCUT2D eigenvalue weighted by Crippen LogP contribution is 2.23. The van der Waals surface area contributed by atoms with E-state index in [0.29, 0.717) is 0 Å². The molecule has 0 unspecified atom stereocenters. The smallest absolute Gasteiger partial charge is 0.248 e. The minimum Gasteiger partial charge on any atom is -0.379 e. The van der Waals surface area contributed by atoms with Gasteiger partial charge in [-0.25, -0.2) is 0 Å². The third-order valence-electron chi connectivity index (χ3n) is 4.99. The molecule has 154 valence electrons. The highest BCUT2D eigenvalue weighted by atomic mass is 16.5. The number of pyridine rings is 1. The molecule has 1 N–H and O–H groups in total. The summed E-state index contributed by atoms with van der Waals surface area (Å²) in [5, 5.41) is 7.17. The van der Waals surface area contributed by atoms with Crippen LogP contribution in [0, 0.1) is 0 Å². The Hall–Kier alpha value is -3.29. The lowest BCUT2D eigenvalue weighted by atomic mass is 10.0. The van der Waals surface area contributed by atoms with E-state index in [1.54, 1.807) is 29.3 Å². The van der Waals surface area contributed by atoms with E-state index in [-0.39, 0.29) is 5.91 Å². The molecule has 2 aromatic heterocycles. The lowest BCUT2D eigenvalue weighted by Crippen LogP contribution is -2.35. The van der Waals surface area contributed by atoms with E-state index in [0.717, 1.165) is 55.2 Å². The summed E-state index contributed by atoms with van der Waals surface area (Å²) in [6, 6.07) is 9.89. The van der Waals surface area contributed by atoms with Crippen molar-refractivity contribution in [2.75, 3.05) is 31.6 Å².